The fraction of sp³-hybridized carbons (Fsp3) is 0.786. The average Bonchev–Trinajstić information content (AvgIpc) is 3.39. The van der Waals surface area contributed by atoms with E-state index in [0.29, 0.717) is 36.9 Å². The molecule has 2 bridgehead atoms. The van der Waals surface area contributed by atoms with Crippen LogP contribution in [0.2, 0.25) is 0 Å². The Labute approximate surface area is 201 Å². The predicted molar refractivity (Wildman–Crippen MR) is 123 cm³/mol. The van der Waals surface area contributed by atoms with Crippen molar-refractivity contribution >= 4 is 11.8 Å². The first-order valence-corrected chi connectivity index (χ1v) is 13.2. The van der Waals surface area contributed by atoms with Gasteiger partial charge in [0.15, 0.2) is 5.78 Å². The van der Waals surface area contributed by atoms with E-state index in [0.717, 1.165) is 25.7 Å². The Morgan fingerprint density at radius 2 is 1.79 bits per heavy atom. The fourth-order valence-corrected chi connectivity index (χ4v) is 9.94. The Balaban J connectivity index is 1.22. The minimum absolute atomic E-state index is 0.0704. The third kappa shape index (κ3) is 2.30. The second-order valence-corrected chi connectivity index (χ2v) is 12.9. The van der Waals surface area contributed by atoms with Crippen LogP contribution in [-0.4, -0.2) is 53.0 Å². The molecule has 7 rings (SSSR count). The maximum Gasteiger partial charge on any atom is 0.336 e. The van der Waals surface area contributed by atoms with Gasteiger partial charge in [-0.3, -0.25) is 4.79 Å². The second kappa shape index (κ2) is 6.43. The number of rotatable bonds is 1. The summed E-state index contributed by atoms with van der Waals surface area (Å²) in [5, 5.41) is 11.8. The van der Waals surface area contributed by atoms with Crippen LogP contribution in [-0.2, 0) is 23.8 Å². The van der Waals surface area contributed by atoms with Crippen LogP contribution in [0.15, 0.2) is 24.3 Å². The number of hydrogen-bond acceptors (Lipinski definition) is 6. The van der Waals surface area contributed by atoms with Crippen LogP contribution in [0.25, 0.3) is 0 Å². The van der Waals surface area contributed by atoms with Crippen molar-refractivity contribution in [3.63, 3.8) is 0 Å². The third-order valence-electron chi connectivity index (χ3n) is 12.1. The second-order valence-electron chi connectivity index (χ2n) is 12.9. The molecule has 0 aromatic carbocycles. The SMILES string of the molecule is C=C1C(=O)O[C@@H]2C[C@@]1(C)OC[C@H]2[C@H]1CC[C@H]2[C@@H]3C[C@H]4O[C@]45CC=CC(=O)[C@]5(C)[C@H]3C[C@@H](O)[C@]12C. The van der Waals surface area contributed by atoms with E-state index in [-0.39, 0.29) is 52.7 Å². The van der Waals surface area contributed by atoms with Gasteiger partial charge in [0, 0.05) is 12.3 Å². The number of aliphatic hydroxyl groups is 1. The normalized spacial score (nSPS) is 59.5. The average molecular weight is 469 g/mol. The monoisotopic (exact) mass is 468 g/mol. The number of carbonyl (C=O) groups is 2. The quantitative estimate of drug-likeness (QED) is 0.361. The standard InChI is InChI=1S/C28H36O6/c1-14-24(31)33-20-12-25(14,2)32-13-16(20)18-8-7-17-15-10-23-28(34-23)9-5-6-21(29)27(28,4)19(15)11-22(30)26(17,18)3/h5-6,15-20,22-23,30H,1,7-13H2,2-4H3/t15-,16-,17-,18+,19-,20+,22+,23+,25+,26-,27-,28+/m0/s1. The van der Waals surface area contributed by atoms with Crippen molar-refractivity contribution < 1.29 is 28.9 Å². The van der Waals surface area contributed by atoms with Crippen LogP contribution in [0.5, 0.6) is 0 Å². The zero-order valence-electron chi connectivity index (χ0n) is 20.4. The van der Waals surface area contributed by atoms with Crippen LogP contribution in [0.3, 0.4) is 0 Å². The number of ether oxygens (including phenoxy) is 3. The zero-order chi connectivity index (χ0) is 23.8. The van der Waals surface area contributed by atoms with E-state index >= 15 is 0 Å². The molecule has 4 aliphatic carbocycles. The number of carbonyl (C=O) groups excluding carboxylic acids is 2. The lowest BCUT2D eigenvalue weighted by Crippen LogP contribution is -2.64. The highest BCUT2D eigenvalue weighted by atomic mass is 16.6. The largest absolute Gasteiger partial charge is 0.458 e. The molecule has 3 saturated heterocycles. The van der Waals surface area contributed by atoms with E-state index < -0.39 is 17.1 Å². The molecule has 6 heteroatoms. The van der Waals surface area contributed by atoms with E-state index in [4.69, 9.17) is 14.2 Å². The number of ketones is 1. The number of hydrogen-bond donors (Lipinski definition) is 1. The number of aliphatic hydroxyl groups excluding tert-OH is 1. The highest BCUT2D eigenvalue weighted by Crippen LogP contribution is 2.73. The van der Waals surface area contributed by atoms with Crippen molar-refractivity contribution in [1.29, 1.82) is 0 Å². The summed E-state index contributed by atoms with van der Waals surface area (Å²) in [4.78, 5) is 25.8. The molecule has 0 aromatic heterocycles. The topological polar surface area (TPSA) is 85.4 Å². The molecule has 3 aliphatic heterocycles. The van der Waals surface area contributed by atoms with Crippen LogP contribution >= 0.6 is 0 Å². The number of esters is 1. The van der Waals surface area contributed by atoms with Crippen LogP contribution < -0.4 is 0 Å². The lowest BCUT2D eigenvalue weighted by atomic mass is 9.44. The minimum atomic E-state index is -0.648. The van der Waals surface area contributed by atoms with E-state index in [1.54, 1.807) is 6.08 Å². The van der Waals surface area contributed by atoms with Crippen molar-refractivity contribution in [1.82, 2.24) is 0 Å². The van der Waals surface area contributed by atoms with Gasteiger partial charge >= 0.3 is 5.97 Å². The Bertz CT molecular complexity index is 1030. The summed E-state index contributed by atoms with van der Waals surface area (Å²) >= 11 is 0. The molecular weight excluding hydrogens is 432 g/mol. The van der Waals surface area contributed by atoms with Gasteiger partial charge in [-0.05, 0) is 81.1 Å². The molecule has 184 valence electrons. The number of allylic oxidation sites excluding steroid dienone is 1. The predicted octanol–water partition coefficient (Wildman–Crippen LogP) is 3.37. The molecule has 7 aliphatic rings. The van der Waals surface area contributed by atoms with Gasteiger partial charge in [-0.1, -0.05) is 19.6 Å². The summed E-state index contributed by atoms with van der Waals surface area (Å²) in [6, 6.07) is 0. The zero-order valence-corrected chi connectivity index (χ0v) is 20.4. The molecule has 1 spiro atoms. The molecule has 0 aromatic rings. The van der Waals surface area contributed by atoms with Gasteiger partial charge in [-0.2, -0.15) is 0 Å². The molecule has 12 atom stereocenters. The fourth-order valence-electron chi connectivity index (χ4n) is 9.94. The molecule has 3 saturated carbocycles. The van der Waals surface area contributed by atoms with Crippen molar-refractivity contribution in [2.75, 3.05) is 6.61 Å². The summed E-state index contributed by atoms with van der Waals surface area (Å²) in [6.45, 7) is 10.8. The van der Waals surface area contributed by atoms with E-state index in [9.17, 15) is 14.7 Å². The van der Waals surface area contributed by atoms with E-state index in [2.05, 4.69) is 20.4 Å². The van der Waals surface area contributed by atoms with Crippen LogP contribution in [0, 0.1) is 40.4 Å². The summed E-state index contributed by atoms with van der Waals surface area (Å²) in [6.07, 6.45) is 8.26. The summed E-state index contributed by atoms with van der Waals surface area (Å²) < 4.78 is 18.5. The minimum Gasteiger partial charge on any atom is -0.458 e. The highest BCUT2D eigenvalue weighted by Gasteiger charge is 2.78. The van der Waals surface area contributed by atoms with Gasteiger partial charge in [0.2, 0.25) is 0 Å². The van der Waals surface area contributed by atoms with Crippen LogP contribution in [0.1, 0.15) is 59.3 Å². The van der Waals surface area contributed by atoms with Crippen LogP contribution in [0.4, 0.5) is 0 Å². The number of fused-ring (bicyclic) bond motifs is 6. The highest BCUT2D eigenvalue weighted by molar-refractivity contribution is 5.97. The number of epoxide rings is 1. The maximum atomic E-state index is 13.3. The lowest BCUT2D eigenvalue weighted by molar-refractivity contribution is -0.210. The Morgan fingerprint density at radius 3 is 2.56 bits per heavy atom. The first kappa shape index (κ1) is 21.8. The van der Waals surface area contributed by atoms with Gasteiger partial charge in [0.25, 0.3) is 0 Å². The third-order valence-corrected chi connectivity index (χ3v) is 12.1. The maximum absolute atomic E-state index is 13.3. The molecule has 6 fully saturated rings. The molecule has 0 amide bonds. The molecule has 1 N–H and O–H groups in total. The molecule has 0 radical (unpaired) electrons. The first-order valence-electron chi connectivity index (χ1n) is 13.2. The molecule has 6 nitrogen and oxygen atoms in total. The van der Waals surface area contributed by atoms with Crippen molar-refractivity contribution in [2.45, 2.75) is 88.8 Å². The lowest BCUT2D eigenvalue weighted by Gasteiger charge is -2.60. The van der Waals surface area contributed by atoms with Gasteiger partial charge in [0.1, 0.15) is 17.3 Å². The van der Waals surface area contributed by atoms with Gasteiger partial charge in [0.05, 0.1) is 29.8 Å². The van der Waals surface area contributed by atoms with E-state index in [1.165, 1.54) is 0 Å². The molecule has 0 unspecified atom stereocenters. The Morgan fingerprint density at radius 1 is 1.06 bits per heavy atom. The summed E-state index contributed by atoms with van der Waals surface area (Å²) in [7, 11) is 0. The van der Waals surface area contributed by atoms with Gasteiger partial charge < -0.3 is 19.3 Å². The first-order chi connectivity index (χ1) is 16.1. The van der Waals surface area contributed by atoms with E-state index in [1.807, 2.05) is 13.0 Å². The Hall–Kier alpha value is -1.50. The summed E-state index contributed by atoms with van der Waals surface area (Å²) in [5.74, 6) is 0.936. The van der Waals surface area contributed by atoms with Crippen molar-refractivity contribution in [2.24, 2.45) is 40.4 Å². The van der Waals surface area contributed by atoms with Crippen molar-refractivity contribution in [3.8, 4) is 0 Å². The smallest absolute Gasteiger partial charge is 0.336 e. The molecule has 3 heterocycles. The molecule has 34 heavy (non-hydrogen) atoms. The summed E-state index contributed by atoms with van der Waals surface area (Å²) in [5.41, 5.74) is -1.43. The van der Waals surface area contributed by atoms with Crippen molar-refractivity contribution in [3.05, 3.63) is 24.3 Å². The molecular formula is C28H36O6. The van der Waals surface area contributed by atoms with Gasteiger partial charge in [-0.15, -0.1) is 0 Å². The Kier molecular flexibility index (Phi) is 4.12. The van der Waals surface area contributed by atoms with Gasteiger partial charge in [-0.25, -0.2) is 4.79 Å².